The molecule has 2 atom stereocenters. The van der Waals surface area contributed by atoms with Crippen molar-refractivity contribution in [3.63, 3.8) is 0 Å². The summed E-state index contributed by atoms with van der Waals surface area (Å²) in [5, 5.41) is 2.47. The number of fused-ring (bicyclic) bond motifs is 1. The lowest BCUT2D eigenvalue weighted by Crippen LogP contribution is -2.45. The van der Waals surface area contributed by atoms with Crippen LogP contribution in [0.15, 0.2) is 72.8 Å². The number of hydrogen-bond donors (Lipinski definition) is 2. The van der Waals surface area contributed by atoms with Crippen LogP contribution in [0.3, 0.4) is 0 Å². The molecule has 0 heterocycles. The van der Waals surface area contributed by atoms with E-state index in [9.17, 15) is 0 Å². The average molecular weight is 304 g/mol. The molecule has 0 aromatic heterocycles. The van der Waals surface area contributed by atoms with Gasteiger partial charge in [0.15, 0.2) is 0 Å². The largest absolute Gasteiger partial charge is 0.330 e. The molecule has 0 radical (unpaired) electrons. The molecule has 0 bridgehead atoms. The number of benzene rings is 3. The first kappa shape index (κ1) is 15.7. The monoisotopic (exact) mass is 304 g/mol. The summed E-state index contributed by atoms with van der Waals surface area (Å²) in [5.41, 5.74) is 14.9. The molecule has 118 valence electrons. The minimum atomic E-state index is -0.460. The van der Waals surface area contributed by atoms with Crippen molar-refractivity contribution in [2.45, 2.75) is 24.8 Å². The molecular weight excluding hydrogens is 280 g/mol. The Morgan fingerprint density at radius 3 is 2.17 bits per heavy atom. The molecule has 2 nitrogen and oxygen atoms in total. The minimum Gasteiger partial charge on any atom is -0.330 e. The summed E-state index contributed by atoms with van der Waals surface area (Å²) in [4.78, 5) is 0. The summed E-state index contributed by atoms with van der Waals surface area (Å²) < 4.78 is 0. The molecule has 0 amide bonds. The van der Waals surface area contributed by atoms with Crippen LogP contribution in [0.1, 0.15) is 30.4 Å². The van der Waals surface area contributed by atoms with Gasteiger partial charge in [0.05, 0.1) is 0 Å². The number of hydrogen-bond acceptors (Lipinski definition) is 2. The number of nitrogens with two attached hydrogens (primary N) is 2. The van der Waals surface area contributed by atoms with Crippen LogP contribution in [0.2, 0.25) is 0 Å². The summed E-state index contributed by atoms with van der Waals surface area (Å²) in [6.07, 6.45) is 0.839. The molecule has 3 rings (SSSR count). The van der Waals surface area contributed by atoms with Gasteiger partial charge in [0.25, 0.3) is 0 Å². The molecule has 0 spiro atoms. The molecule has 3 aromatic rings. The first-order chi connectivity index (χ1) is 11.2. The number of rotatable bonds is 5. The third kappa shape index (κ3) is 2.88. The smallest absolute Gasteiger partial charge is 0.0488 e. The van der Waals surface area contributed by atoms with Crippen LogP contribution in [0.5, 0.6) is 0 Å². The second-order valence-corrected chi connectivity index (χ2v) is 6.15. The molecule has 0 aliphatic rings. The average Bonchev–Trinajstić information content (AvgIpc) is 2.62. The van der Waals surface area contributed by atoms with Crippen LogP contribution < -0.4 is 11.5 Å². The fraction of sp³-hybridized carbons (Fsp3) is 0.238. The van der Waals surface area contributed by atoms with Gasteiger partial charge < -0.3 is 11.5 Å². The molecule has 0 saturated carbocycles. The normalized spacial score (nSPS) is 15.3. The van der Waals surface area contributed by atoms with Crippen molar-refractivity contribution < 1.29 is 0 Å². The van der Waals surface area contributed by atoms with E-state index in [1.807, 2.05) is 18.2 Å². The van der Waals surface area contributed by atoms with Gasteiger partial charge in [-0.25, -0.2) is 0 Å². The van der Waals surface area contributed by atoms with E-state index in [-0.39, 0.29) is 5.92 Å². The van der Waals surface area contributed by atoms with E-state index in [0.717, 1.165) is 12.0 Å². The standard InChI is InChI=1S/C21H24N2/c1-2-21(23,19-10-4-3-5-11-19)20(15-22)18-13-12-16-8-6-7-9-17(16)14-18/h3-14,20H,2,15,22-23H2,1H3. The van der Waals surface area contributed by atoms with E-state index in [4.69, 9.17) is 11.5 Å². The topological polar surface area (TPSA) is 52.0 Å². The molecule has 4 N–H and O–H groups in total. The van der Waals surface area contributed by atoms with Crippen molar-refractivity contribution in [3.05, 3.63) is 83.9 Å². The molecule has 0 saturated heterocycles. The van der Waals surface area contributed by atoms with Gasteiger partial charge in [0.1, 0.15) is 0 Å². The van der Waals surface area contributed by atoms with Gasteiger partial charge in [-0.05, 0) is 28.3 Å². The zero-order valence-corrected chi connectivity index (χ0v) is 13.6. The molecule has 0 aliphatic carbocycles. The van der Waals surface area contributed by atoms with Crippen molar-refractivity contribution >= 4 is 10.8 Å². The lowest BCUT2D eigenvalue weighted by molar-refractivity contribution is 0.345. The third-order valence-corrected chi connectivity index (χ3v) is 4.93. The van der Waals surface area contributed by atoms with Crippen LogP contribution in [-0.2, 0) is 5.54 Å². The van der Waals surface area contributed by atoms with Crippen LogP contribution in [0, 0.1) is 0 Å². The van der Waals surface area contributed by atoms with Gasteiger partial charge in [-0.2, -0.15) is 0 Å². The van der Waals surface area contributed by atoms with Crippen LogP contribution in [0.25, 0.3) is 10.8 Å². The fourth-order valence-electron chi connectivity index (χ4n) is 3.47. The quantitative estimate of drug-likeness (QED) is 0.744. The maximum atomic E-state index is 6.87. The minimum absolute atomic E-state index is 0.0829. The predicted molar refractivity (Wildman–Crippen MR) is 98.3 cm³/mol. The van der Waals surface area contributed by atoms with E-state index < -0.39 is 5.54 Å². The second kappa shape index (κ2) is 6.53. The Balaban J connectivity index is 2.09. The molecule has 2 heteroatoms. The van der Waals surface area contributed by atoms with E-state index in [1.54, 1.807) is 0 Å². The zero-order chi connectivity index (χ0) is 16.3. The Morgan fingerprint density at radius 1 is 0.870 bits per heavy atom. The highest BCUT2D eigenvalue weighted by molar-refractivity contribution is 5.83. The Labute approximate surface area is 138 Å². The molecule has 3 aromatic carbocycles. The highest BCUT2D eigenvalue weighted by Gasteiger charge is 2.35. The third-order valence-electron chi connectivity index (χ3n) is 4.93. The summed E-state index contributed by atoms with van der Waals surface area (Å²) in [6.45, 7) is 2.66. The van der Waals surface area contributed by atoms with E-state index in [2.05, 4.69) is 61.5 Å². The van der Waals surface area contributed by atoms with Crippen LogP contribution >= 0.6 is 0 Å². The van der Waals surface area contributed by atoms with Gasteiger partial charge in [-0.3, -0.25) is 0 Å². The lowest BCUT2D eigenvalue weighted by atomic mass is 9.73. The van der Waals surface area contributed by atoms with Crippen molar-refractivity contribution in [3.8, 4) is 0 Å². The van der Waals surface area contributed by atoms with Gasteiger partial charge in [0.2, 0.25) is 0 Å². The van der Waals surface area contributed by atoms with Gasteiger partial charge in [-0.1, -0.05) is 79.7 Å². The summed E-state index contributed by atoms with van der Waals surface area (Å²) in [7, 11) is 0. The highest BCUT2D eigenvalue weighted by atomic mass is 14.8. The Morgan fingerprint density at radius 2 is 1.52 bits per heavy atom. The molecule has 0 fully saturated rings. The van der Waals surface area contributed by atoms with E-state index >= 15 is 0 Å². The summed E-state index contributed by atoms with van der Waals surface area (Å²) in [5.74, 6) is 0.0829. The van der Waals surface area contributed by atoms with Crippen molar-refractivity contribution in [2.24, 2.45) is 11.5 Å². The summed E-state index contributed by atoms with van der Waals surface area (Å²) >= 11 is 0. The highest BCUT2D eigenvalue weighted by Crippen LogP contribution is 2.37. The SMILES string of the molecule is CCC(N)(c1ccccc1)C(CN)c1ccc2ccccc2c1. The van der Waals surface area contributed by atoms with Gasteiger partial charge >= 0.3 is 0 Å². The van der Waals surface area contributed by atoms with Crippen LogP contribution in [0.4, 0.5) is 0 Å². The Kier molecular flexibility index (Phi) is 4.46. The maximum absolute atomic E-state index is 6.87. The van der Waals surface area contributed by atoms with Crippen molar-refractivity contribution in [2.75, 3.05) is 6.54 Å². The first-order valence-electron chi connectivity index (χ1n) is 8.22. The van der Waals surface area contributed by atoms with E-state index in [1.165, 1.54) is 16.3 Å². The van der Waals surface area contributed by atoms with Crippen LogP contribution in [-0.4, -0.2) is 6.54 Å². The lowest BCUT2D eigenvalue weighted by Gasteiger charge is -2.37. The molecular formula is C21H24N2. The van der Waals surface area contributed by atoms with Gasteiger partial charge in [-0.15, -0.1) is 0 Å². The molecule has 2 unspecified atom stereocenters. The van der Waals surface area contributed by atoms with Crippen molar-refractivity contribution in [1.82, 2.24) is 0 Å². The zero-order valence-electron chi connectivity index (χ0n) is 13.6. The second-order valence-electron chi connectivity index (χ2n) is 6.15. The first-order valence-corrected chi connectivity index (χ1v) is 8.22. The Bertz CT molecular complexity index is 782. The van der Waals surface area contributed by atoms with Gasteiger partial charge in [0, 0.05) is 18.0 Å². The van der Waals surface area contributed by atoms with E-state index in [0.29, 0.717) is 6.54 Å². The Hall–Kier alpha value is -2.16. The predicted octanol–water partition coefficient (Wildman–Crippen LogP) is 4.15. The summed E-state index contributed by atoms with van der Waals surface area (Å²) in [6, 6.07) is 25.3. The van der Waals surface area contributed by atoms with Crippen molar-refractivity contribution in [1.29, 1.82) is 0 Å². The fourth-order valence-corrected chi connectivity index (χ4v) is 3.47. The molecule has 0 aliphatic heterocycles. The maximum Gasteiger partial charge on any atom is 0.0488 e. The molecule has 23 heavy (non-hydrogen) atoms.